The van der Waals surface area contributed by atoms with Gasteiger partial charge < -0.3 is 10.2 Å². The van der Waals surface area contributed by atoms with Crippen LogP contribution in [0.5, 0.6) is 0 Å². The molecule has 3 rings (SSSR count). The second-order valence-corrected chi connectivity index (χ2v) is 7.48. The molecule has 1 unspecified atom stereocenters. The zero-order valence-corrected chi connectivity index (χ0v) is 16.3. The highest BCUT2D eigenvalue weighted by Gasteiger charge is 2.26. The molecule has 2 aromatic rings. The van der Waals surface area contributed by atoms with Crippen LogP contribution in [0.1, 0.15) is 47.6 Å². The van der Waals surface area contributed by atoms with E-state index in [1.165, 1.54) is 0 Å². The molecule has 7 heteroatoms. The minimum absolute atomic E-state index is 0.0482. The number of piperidine rings is 1. The normalized spacial score (nSPS) is 16.5. The fraction of sp³-hybridized carbons (Fsp3) is 0.526. The summed E-state index contributed by atoms with van der Waals surface area (Å²) in [4.78, 5) is 14.7. The van der Waals surface area contributed by atoms with Crippen molar-refractivity contribution in [2.24, 2.45) is 0 Å². The molecule has 140 valence electrons. The second kappa shape index (κ2) is 8.18. The number of hydrogen-bond donors (Lipinski definition) is 1. The van der Waals surface area contributed by atoms with Crippen molar-refractivity contribution >= 4 is 17.5 Å². The van der Waals surface area contributed by atoms with Crippen molar-refractivity contribution in [3.63, 3.8) is 0 Å². The first-order valence-electron chi connectivity index (χ1n) is 9.11. The first-order chi connectivity index (χ1) is 12.5. The zero-order valence-electron chi connectivity index (χ0n) is 15.6. The van der Waals surface area contributed by atoms with Gasteiger partial charge in [-0.3, -0.25) is 4.79 Å². The molecular formula is C19H26ClN5O. The molecule has 0 aliphatic carbocycles. The largest absolute Gasteiger partial charge is 0.337 e. The van der Waals surface area contributed by atoms with Crippen LogP contribution in [0.3, 0.4) is 0 Å². The number of nitrogens with zero attached hydrogens (tertiary/aromatic N) is 4. The van der Waals surface area contributed by atoms with E-state index in [0.717, 1.165) is 48.6 Å². The maximum Gasteiger partial charge on any atom is 0.276 e. The summed E-state index contributed by atoms with van der Waals surface area (Å²) in [5.74, 6) is -0.0795. The number of aromatic nitrogens is 3. The van der Waals surface area contributed by atoms with Crippen LogP contribution in [0.2, 0.25) is 5.02 Å². The molecule has 0 bridgehead atoms. The van der Waals surface area contributed by atoms with Gasteiger partial charge in [0.15, 0.2) is 5.69 Å². The van der Waals surface area contributed by atoms with Gasteiger partial charge in [0.25, 0.3) is 5.91 Å². The highest BCUT2D eigenvalue weighted by molar-refractivity contribution is 6.30. The van der Waals surface area contributed by atoms with Gasteiger partial charge in [-0.1, -0.05) is 28.9 Å². The van der Waals surface area contributed by atoms with Gasteiger partial charge in [0.1, 0.15) is 0 Å². The van der Waals surface area contributed by atoms with Crippen molar-refractivity contribution < 1.29 is 4.79 Å². The summed E-state index contributed by atoms with van der Waals surface area (Å²) >= 11 is 5.94. The molecule has 1 N–H and O–H groups in total. The van der Waals surface area contributed by atoms with Gasteiger partial charge >= 0.3 is 0 Å². The molecule has 0 spiro atoms. The quantitative estimate of drug-likeness (QED) is 0.872. The van der Waals surface area contributed by atoms with E-state index in [4.69, 9.17) is 11.6 Å². The summed E-state index contributed by atoms with van der Waals surface area (Å²) in [7, 11) is 1.83. The summed E-state index contributed by atoms with van der Waals surface area (Å²) in [5, 5.41) is 12.5. The average molecular weight is 376 g/mol. The van der Waals surface area contributed by atoms with Crippen LogP contribution in [0.15, 0.2) is 24.3 Å². The van der Waals surface area contributed by atoms with Crippen LogP contribution in [0.4, 0.5) is 0 Å². The van der Waals surface area contributed by atoms with Gasteiger partial charge in [-0.2, -0.15) is 0 Å². The Labute approximate surface area is 159 Å². The van der Waals surface area contributed by atoms with Crippen molar-refractivity contribution in [3.05, 3.63) is 46.2 Å². The molecule has 1 atom stereocenters. The van der Waals surface area contributed by atoms with Crippen LogP contribution in [0.25, 0.3) is 0 Å². The Morgan fingerprint density at radius 3 is 2.65 bits per heavy atom. The predicted octanol–water partition coefficient (Wildman–Crippen LogP) is 2.87. The standard InChI is InChI=1S/C19H26ClN5O/c1-13(12-15-4-6-16(20)7-5-15)24(3)19(26)18-14(2)25(23-22-18)17-8-10-21-11-9-17/h4-7,13,17,21H,8-12H2,1-3H3. The summed E-state index contributed by atoms with van der Waals surface area (Å²) in [6.07, 6.45) is 2.79. The highest BCUT2D eigenvalue weighted by atomic mass is 35.5. The highest BCUT2D eigenvalue weighted by Crippen LogP contribution is 2.21. The Morgan fingerprint density at radius 2 is 2.00 bits per heavy atom. The first-order valence-corrected chi connectivity index (χ1v) is 9.49. The molecule has 1 saturated heterocycles. The number of rotatable bonds is 5. The van der Waals surface area contributed by atoms with E-state index in [1.807, 2.05) is 49.8 Å². The fourth-order valence-corrected chi connectivity index (χ4v) is 3.53. The number of carbonyl (C=O) groups excluding carboxylic acids is 1. The Hall–Kier alpha value is -1.92. The number of likely N-dealkylation sites (N-methyl/N-ethyl adjacent to an activating group) is 1. The lowest BCUT2D eigenvalue weighted by Crippen LogP contribution is -2.37. The smallest absolute Gasteiger partial charge is 0.276 e. The van der Waals surface area contributed by atoms with Crippen LogP contribution in [0, 0.1) is 6.92 Å². The second-order valence-electron chi connectivity index (χ2n) is 7.04. The zero-order chi connectivity index (χ0) is 18.7. The molecule has 0 saturated carbocycles. The van der Waals surface area contributed by atoms with E-state index in [-0.39, 0.29) is 11.9 Å². The Balaban J connectivity index is 1.69. The third-order valence-electron chi connectivity index (χ3n) is 5.21. The number of amides is 1. The number of hydrogen-bond acceptors (Lipinski definition) is 4. The molecule has 0 radical (unpaired) electrons. The lowest BCUT2D eigenvalue weighted by molar-refractivity contribution is 0.0736. The molecule has 1 aromatic carbocycles. The molecule has 26 heavy (non-hydrogen) atoms. The number of halogens is 1. The van der Waals surface area contributed by atoms with Crippen LogP contribution < -0.4 is 5.32 Å². The predicted molar refractivity (Wildman–Crippen MR) is 103 cm³/mol. The van der Waals surface area contributed by atoms with E-state index in [1.54, 1.807) is 4.90 Å². The van der Waals surface area contributed by atoms with Crippen LogP contribution in [-0.4, -0.2) is 52.0 Å². The Bertz CT molecular complexity index is 752. The molecule has 1 amide bonds. The van der Waals surface area contributed by atoms with E-state index in [2.05, 4.69) is 15.6 Å². The summed E-state index contributed by atoms with van der Waals surface area (Å²) < 4.78 is 1.92. The van der Waals surface area contributed by atoms with Crippen molar-refractivity contribution in [3.8, 4) is 0 Å². The van der Waals surface area contributed by atoms with E-state index < -0.39 is 0 Å². The van der Waals surface area contributed by atoms with Crippen molar-refractivity contribution in [1.82, 2.24) is 25.2 Å². The lowest BCUT2D eigenvalue weighted by Gasteiger charge is -2.25. The third kappa shape index (κ3) is 4.07. The number of nitrogens with one attached hydrogen (secondary N) is 1. The van der Waals surface area contributed by atoms with Gasteiger partial charge in [-0.15, -0.1) is 5.10 Å². The molecule has 1 aliphatic rings. The van der Waals surface area contributed by atoms with Crippen molar-refractivity contribution in [2.75, 3.05) is 20.1 Å². The van der Waals surface area contributed by atoms with Crippen molar-refractivity contribution in [2.45, 2.75) is 45.2 Å². The van der Waals surface area contributed by atoms with Gasteiger partial charge in [0.2, 0.25) is 0 Å². The maximum absolute atomic E-state index is 12.9. The van der Waals surface area contributed by atoms with Gasteiger partial charge in [0.05, 0.1) is 11.7 Å². The van der Waals surface area contributed by atoms with E-state index in [9.17, 15) is 4.79 Å². The Morgan fingerprint density at radius 1 is 1.35 bits per heavy atom. The molecule has 1 aliphatic heterocycles. The van der Waals surface area contributed by atoms with Crippen LogP contribution >= 0.6 is 11.6 Å². The van der Waals surface area contributed by atoms with E-state index in [0.29, 0.717) is 11.7 Å². The van der Waals surface area contributed by atoms with Crippen LogP contribution in [-0.2, 0) is 6.42 Å². The monoisotopic (exact) mass is 375 g/mol. The molecule has 1 aromatic heterocycles. The van der Waals surface area contributed by atoms with Gasteiger partial charge in [-0.05, 0) is 63.9 Å². The summed E-state index contributed by atoms with van der Waals surface area (Å²) in [5.41, 5.74) is 2.46. The Kier molecular flexibility index (Phi) is 5.94. The fourth-order valence-electron chi connectivity index (χ4n) is 3.40. The van der Waals surface area contributed by atoms with Gasteiger partial charge in [-0.25, -0.2) is 4.68 Å². The lowest BCUT2D eigenvalue weighted by atomic mass is 10.1. The molecule has 2 heterocycles. The summed E-state index contributed by atoms with van der Waals surface area (Å²) in [6.45, 7) is 5.93. The topological polar surface area (TPSA) is 63.1 Å². The van der Waals surface area contributed by atoms with E-state index >= 15 is 0 Å². The SMILES string of the molecule is Cc1c(C(=O)N(C)C(C)Cc2ccc(Cl)cc2)nnn1C1CCNCC1. The summed E-state index contributed by atoms with van der Waals surface area (Å²) in [6, 6.07) is 8.11. The minimum Gasteiger partial charge on any atom is -0.337 e. The average Bonchev–Trinajstić information content (AvgIpc) is 3.04. The molecule has 6 nitrogen and oxygen atoms in total. The molecule has 1 fully saturated rings. The molecular weight excluding hydrogens is 350 g/mol. The van der Waals surface area contributed by atoms with Crippen molar-refractivity contribution in [1.29, 1.82) is 0 Å². The maximum atomic E-state index is 12.9. The third-order valence-corrected chi connectivity index (χ3v) is 5.46. The minimum atomic E-state index is -0.0795. The number of carbonyl (C=O) groups is 1. The van der Waals surface area contributed by atoms with Gasteiger partial charge in [0, 0.05) is 18.1 Å². The number of benzene rings is 1. The first kappa shape index (κ1) is 18.9.